The molecule has 23 heavy (non-hydrogen) atoms. The summed E-state index contributed by atoms with van der Waals surface area (Å²) in [4.78, 5) is 23.3. The summed E-state index contributed by atoms with van der Waals surface area (Å²) in [6.45, 7) is 9.61. The van der Waals surface area contributed by atoms with Crippen LogP contribution in [0.4, 0.5) is 0 Å². The first-order valence-corrected chi connectivity index (χ1v) is 7.99. The van der Waals surface area contributed by atoms with E-state index in [0.29, 0.717) is 12.2 Å². The molecule has 0 aliphatic carbocycles. The van der Waals surface area contributed by atoms with Crippen LogP contribution in [0.15, 0.2) is 18.3 Å². The zero-order valence-corrected chi connectivity index (χ0v) is 14.1. The third kappa shape index (κ3) is 3.25. The topological polar surface area (TPSA) is 74.8 Å². The normalized spacial score (nSPS) is 18.4. The van der Waals surface area contributed by atoms with Crippen molar-refractivity contribution < 1.29 is 4.79 Å². The maximum Gasteiger partial charge on any atom is 0.274 e. The van der Waals surface area contributed by atoms with Crippen LogP contribution in [0, 0.1) is 6.92 Å². The summed E-state index contributed by atoms with van der Waals surface area (Å²) in [5.41, 5.74) is 2.37. The summed E-state index contributed by atoms with van der Waals surface area (Å²) in [7, 11) is 0. The van der Waals surface area contributed by atoms with E-state index in [1.165, 1.54) is 0 Å². The molecule has 1 aliphatic heterocycles. The predicted octanol–water partition coefficient (Wildman–Crippen LogP) is 2.44. The second kappa shape index (κ2) is 5.76. The number of carbonyl (C=O) groups excluding carboxylic acids is 1. The molecule has 3 heterocycles. The highest BCUT2D eigenvalue weighted by molar-refractivity contribution is 5.92. The summed E-state index contributed by atoms with van der Waals surface area (Å²) in [5.74, 6) is 1.02. The van der Waals surface area contributed by atoms with Gasteiger partial charge in [0.1, 0.15) is 11.5 Å². The van der Waals surface area contributed by atoms with E-state index in [1.807, 2.05) is 24.0 Å². The van der Waals surface area contributed by atoms with E-state index in [4.69, 9.17) is 0 Å². The van der Waals surface area contributed by atoms with E-state index in [1.54, 1.807) is 6.20 Å². The van der Waals surface area contributed by atoms with Gasteiger partial charge in [-0.05, 0) is 25.5 Å². The van der Waals surface area contributed by atoms with Crippen molar-refractivity contribution in [3.63, 3.8) is 0 Å². The summed E-state index contributed by atoms with van der Waals surface area (Å²) in [5, 5.41) is 7.17. The lowest BCUT2D eigenvalue weighted by Crippen LogP contribution is -2.29. The number of amides is 1. The fraction of sp³-hybridized carbons (Fsp3) is 0.529. The Bertz CT molecular complexity index is 716. The zero-order chi connectivity index (χ0) is 16.6. The smallest absolute Gasteiger partial charge is 0.274 e. The Labute approximate surface area is 136 Å². The first-order valence-electron chi connectivity index (χ1n) is 7.99. The van der Waals surface area contributed by atoms with Gasteiger partial charge in [0.15, 0.2) is 0 Å². The predicted molar refractivity (Wildman–Crippen MR) is 87.3 cm³/mol. The lowest BCUT2D eigenvalue weighted by Gasteiger charge is -2.15. The third-order valence-electron chi connectivity index (χ3n) is 4.26. The molecular weight excluding hydrogens is 290 g/mol. The monoisotopic (exact) mass is 313 g/mol. The molecule has 1 N–H and O–H groups in total. The van der Waals surface area contributed by atoms with Crippen LogP contribution in [0.5, 0.6) is 0 Å². The number of hydrogen-bond acceptors (Lipinski definition) is 4. The summed E-state index contributed by atoms with van der Waals surface area (Å²) >= 11 is 0. The molecular formula is C17H23N5O. The van der Waals surface area contributed by atoms with E-state index in [-0.39, 0.29) is 17.2 Å². The first kappa shape index (κ1) is 15.6. The molecule has 1 aliphatic rings. The number of aromatic amines is 1. The quantitative estimate of drug-likeness (QED) is 0.924. The molecule has 1 amide bonds. The van der Waals surface area contributed by atoms with Crippen molar-refractivity contribution >= 4 is 5.91 Å². The molecule has 2 aromatic heterocycles. The van der Waals surface area contributed by atoms with Crippen LogP contribution in [-0.4, -0.2) is 44.1 Å². The van der Waals surface area contributed by atoms with Crippen LogP contribution in [-0.2, 0) is 5.41 Å². The minimum Gasteiger partial charge on any atom is -0.336 e. The van der Waals surface area contributed by atoms with Gasteiger partial charge in [0, 0.05) is 42.0 Å². The second-order valence-corrected chi connectivity index (χ2v) is 7.21. The van der Waals surface area contributed by atoms with Gasteiger partial charge in [-0.25, -0.2) is 9.97 Å². The Balaban J connectivity index is 1.71. The van der Waals surface area contributed by atoms with Crippen molar-refractivity contribution in [3.8, 4) is 0 Å². The SMILES string of the molecule is Cc1ccnc(C2CCN(C(=O)c3cc(C(C)(C)C)[nH]n3)C2)n1. The number of hydrogen-bond donors (Lipinski definition) is 1. The molecule has 122 valence electrons. The number of H-pyrrole nitrogens is 1. The van der Waals surface area contributed by atoms with Crippen molar-refractivity contribution in [2.45, 2.75) is 45.4 Å². The van der Waals surface area contributed by atoms with Crippen LogP contribution in [0.3, 0.4) is 0 Å². The van der Waals surface area contributed by atoms with Crippen LogP contribution < -0.4 is 0 Å². The number of nitrogens with zero attached hydrogens (tertiary/aromatic N) is 4. The number of carbonyl (C=O) groups is 1. The maximum absolute atomic E-state index is 12.6. The fourth-order valence-corrected chi connectivity index (χ4v) is 2.80. The molecule has 0 saturated carbocycles. The fourth-order valence-electron chi connectivity index (χ4n) is 2.80. The molecule has 0 spiro atoms. The van der Waals surface area contributed by atoms with Gasteiger partial charge in [0.25, 0.3) is 5.91 Å². The van der Waals surface area contributed by atoms with Crippen molar-refractivity contribution in [2.24, 2.45) is 0 Å². The Morgan fingerprint density at radius 2 is 2.17 bits per heavy atom. The maximum atomic E-state index is 12.6. The highest BCUT2D eigenvalue weighted by Crippen LogP contribution is 2.26. The second-order valence-electron chi connectivity index (χ2n) is 7.21. The van der Waals surface area contributed by atoms with Crippen molar-refractivity contribution in [2.75, 3.05) is 13.1 Å². The molecule has 1 saturated heterocycles. The standard InChI is InChI=1S/C17H23N5O/c1-11-5-7-18-15(19-11)12-6-8-22(10-12)16(23)13-9-14(21-20-13)17(2,3)4/h5,7,9,12H,6,8,10H2,1-4H3,(H,20,21). The zero-order valence-electron chi connectivity index (χ0n) is 14.1. The van der Waals surface area contributed by atoms with E-state index < -0.39 is 0 Å². The van der Waals surface area contributed by atoms with Crippen LogP contribution >= 0.6 is 0 Å². The van der Waals surface area contributed by atoms with Crippen LogP contribution in [0.25, 0.3) is 0 Å². The van der Waals surface area contributed by atoms with Gasteiger partial charge in [-0.3, -0.25) is 9.89 Å². The van der Waals surface area contributed by atoms with E-state index in [0.717, 1.165) is 30.2 Å². The number of aromatic nitrogens is 4. The van der Waals surface area contributed by atoms with Crippen LogP contribution in [0.2, 0.25) is 0 Å². The Morgan fingerprint density at radius 1 is 1.39 bits per heavy atom. The van der Waals surface area contributed by atoms with Crippen LogP contribution in [0.1, 0.15) is 60.8 Å². The number of likely N-dealkylation sites (tertiary alicyclic amines) is 1. The summed E-state index contributed by atoms with van der Waals surface area (Å²) in [6.07, 6.45) is 2.68. The molecule has 0 bridgehead atoms. The van der Waals surface area contributed by atoms with Gasteiger partial charge in [-0.2, -0.15) is 5.10 Å². The molecule has 1 atom stereocenters. The summed E-state index contributed by atoms with van der Waals surface area (Å²) < 4.78 is 0. The van der Waals surface area contributed by atoms with Gasteiger partial charge < -0.3 is 4.90 Å². The van der Waals surface area contributed by atoms with E-state index in [9.17, 15) is 4.79 Å². The first-order chi connectivity index (χ1) is 10.8. The third-order valence-corrected chi connectivity index (χ3v) is 4.26. The van der Waals surface area contributed by atoms with Gasteiger partial charge in [-0.15, -0.1) is 0 Å². The average molecular weight is 313 g/mol. The molecule has 2 aromatic rings. The minimum absolute atomic E-state index is 0.0214. The van der Waals surface area contributed by atoms with Crippen molar-refractivity contribution in [3.05, 3.63) is 41.2 Å². The van der Waals surface area contributed by atoms with Gasteiger partial charge in [0.05, 0.1) is 0 Å². The Kier molecular flexibility index (Phi) is 3.92. The Morgan fingerprint density at radius 3 is 2.83 bits per heavy atom. The molecule has 3 rings (SSSR count). The van der Waals surface area contributed by atoms with Crippen molar-refractivity contribution in [1.82, 2.24) is 25.1 Å². The molecule has 6 heteroatoms. The highest BCUT2D eigenvalue weighted by atomic mass is 16.2. The number of aryl methyl sites for hydroxylation is 1. The van der Waals surface area contributed by atoms with E-state index >= 15 is 0 Å². The molecule has 6 nitrogen and oxygen atoms in total. The molecule has 0 aromatic carbocycles. The van der Waals surface area contributed by atoms with E-state index in [2.05, 4.69) is 40.9 Å². The lowest BCUT2D eigenvalue weighted by molar-refractivity contribution is 0.0784. The number of rotatable bonds is 2. The minimum atomic E-state index is -0.0471. The van der Waals surface area contributed by atoms with Crippen molar-refractivity contribution in [1.29, 1.82) is 0 Å². The lowest BCUT2D eigenvalue weighted by atomic mass is 9.92. The molecule has 0 radical (unpaired) electrons. The highest BCUT2D eigenvalue weighted by Gasteiger charge is 2.31. The number of nitrogens with one attached hydrogen (secondary N) is 1. The molecule has 1 unspecified atom stereocenters. The molecule has 1 fully saturated rings. The van der Waals surface area contributed by atoms with Gasteiger partial charge >= 0.3 is 0 Å². The summed E-state index contributed by atoms with van der Waals surface area (Å²) in [6, 6.07) is 3.75. The average Bonchev–Trinajstić information content (AvgIpc) is 3.16. The van der Waals surface area contributed by atoms with Gasteiger partial charge in [0.2, 0.25) is 0 Å². The Hall–Kier alpha value is -2.24. The van der Waals surface area contributed by atoms with Gasteiger partial charge in [-0.1, -0.05) is 20.8 Å². The largest absolute Gasteiger partial charge is 0.336 e.